The van der Waals surface area contributed by atoms with E-state index in [2.05, 4.69) is 15.2 Å². The molecular weight excluding hydrogens is 461 g/mol. The van der Waals surface area contributed by atoms with Crippen molar-refractivity contribution in [2.24, 2.45) is 5.41 Å². The number of ether oxygens (including phenoxy) is 1. The van der Waals surface area contributed by atoms with E-state index in [0.717, 1.165) is 17.0 Å². The molecule has 3 N–H and O–H groups in total. The molecule has 0 aromatic carbocycles. The first-order valence-electron chi connectivity index (χ1n) is 10.9. The number of thiophene rings is 1. The summed E-state index contributed by atoms with van der Waals surface area (Å²) in [6.07, 6.45) is -1.21. The van der Waals surface area contributed by atoms with E-state index in [1.807, 2.05) is 0 Å². The lowest BCUT2D eigenvalue weighted by Gasteiger charge is -2.43. The summed E-state index contributed by atoms with van der Waals surface area (Å²) in [7, 11) is 0. The molecule has 0 saturated carbocycles. The van der Waals surface area contributed by atoms with Crippen LogP contribution in [0, 0.1) is 5.41 Å². The number of hydrogen-bond acceptors (Lipinski definition) is 8. The van der Waals surface area contributed by atoms with Gasteiger partial charge >= 0.3 is 6.18 Å². The molecule has 2 aliphatic heterocycles. The second-order valence-electron chi connectivity index (χ2n) is 9.28. The van der Waals surface area contributed by atoms with E-state index in [9.17, 15) is 28.5 Å². The van der Waals surface area contributed by atoms with Gasteiger partial charge in [0.2, 0.25) is 0 Å². The van der Waals surface area contributed by atoms with E-state index in [1.54, 1.807) is 17.8 Å². The van der Waals surface area contributed by atoms with E-state index in [4.69, 9.17) is 4.74 Å². The molecule has 1 saturated heterocycles. The van der Waals surface area contributed by atoms with Crippen LogP contribution in [0.1, 0.15) is 46.3 Å². The van der Waals surface area contributed by atoms with Crippen LogP contribution in [0.15, 0.2) is 6.20 Å². The lowest BCUT2D eigenvalue weighted by atomic mass is 9.84. The Bertz CT molecular complexity index is 965. The molecule has 0 radical (unpaired) electrons. The van der Waals surface area contributed by atoms with Gasteiger partial charge in [-0.3, -0.25) is 9.58 Å². The van der Waals surface area contributed by atoms with Crippen molar-refractivity contribution in [3.8, 4) is 0 Å². The Balaban J connectivity index is 1.45. The number of rotatable bonds is 7. The largest absolute Gasteiger partial charge is 0.425 e. The molecule has 2 aromatic heterocycles. The molecule has 1 spiro atoms. The van der Waals surface area contributed by atoms with E-state index in [-0.39, 0.29) is 18.8 Å². The molecule has 8 nitrogen and oxygen atoms in total. The fourth-order valence-electron chi connectivity index (χ4n) is 4.64. The van der Waals surface area contributed by atoms with Crippen LogP contribution < -0.4 is 0 Å². The summed E-state index contributed by atoms with van der Waals surface area (Å²) in [5.41, 5.74) is -0.0890. The third-order valence-electron chi connectivity index (χ3n) is 6.62. The van der Waals surface area contributed by atoms with E-state index in [1.165, 1.54) is 0 Å². The zero-order valence-electron chi connectivity index (χ0n) is 18.4. The standard InChI is InChI=1S/C21H29F3N4O4S/c1-19(12-30,13-31)11-28-9-14(25-26-28)8-27-5-3-20(4-6-27)17-15(2-7-32-20)16(10-29)18(33-17)21(22,23)24/h9,29-31H,2-8,10-13H2,1H3. The number of hydrogen-bond donors (Lipinski definition) is 3. The van der Waals surface area contributed by atoms with Gasteiger partial charge in [-0.05, 0) is 24.8 Å². The van der Waals surface area contributed by atoms with Crippen molar-refractivity contribution < 1.29 is 33.2 Å². The van der Waals surface area contributed by atoms with Crippen LogP contribution in [0.3, 0.4) is 0 Å². The minimum Gasteiger partial charge on any atom is -0.396 e. The van der Waals surface area contributed by atoms with Gasteiger partial charge in [0.25, 0.3) is 0 Å². The van der Waals surface area contributed by atoms with Gasteiger partial charge in [-0.1, -0.05) is 12.1 Å². The topological polar surface area (TPSA) is 104 Å². The molecule has 33 heavy (non-hydrogen) atoms. The molecule has 4 rings (SSSR count). The van der Waals surface area contributed by atoms with Crippen molar-refractivity contribution >= 4 is 11.3 Å². The van der Waals surface area contributed by atoms with Crippen molar-refractivity contribution in [1.82, 2.24) is 19.9 Å². The molecule has 12 heteroatoms. The van der Waals surface area contributed by atoms with Crippen LogP contribution in [0.5, 0.6) is 0 Å². The first-order valence-corrected chi connectivity index (χ1v) is 11.7. The summed E-state index contributed by atoms with van der Waals surface area (Å²) in [5, 5.41) is 36.8. The highest BCUT2D eigenvalue weighted by Gasteiger charge is 2.47. The SMILES string of the molecule is CC(CO)(CO)Cn1cc(CN2CCC3(CC2)OCCc2c3sc(C(F)(F)F)c2CO)nn1. The Kier molecular flexibility index (Phi) is 6.87. The number of aromatic nitrogens is 3. The van der Waals surface area contributed by atoms with E-state index in [0.29, 0.717) is 62.5 Å². The van der Waals surface area contributed by atoms with Gasteiger partial charge < -0.3 is 20.1 Å². The van der Waals surface area contributed by atoms with Crippen LogP contribution in [0.2, 0.25) is 0 Å². The molecule has 0 aliphatic carbocycles. The average Bonchev–Trinajstić information content (AvgIpc) is 3.40. The predicted molar refractivity (Wildman–Crippen MR) is 113 cm³/mol. The zero-order chi connectivity index (χ0) is 23.9. The highest BCUT2D eigenvalue weighted by Crippen LogP contribution is 2.50. The van der Waals surface area contributed by atoms with Crippen LogP contribution in [-0.4, -0.2) is 68.1 Å². The Labute approximate surface area is 193 Å². The highest BCUT2D eigenvalue weighted by atomic mass is 32.1. The Morgan fingerprint density at radius 1 is 1.18 bits per heavy atom. The second kappa shape index (κ2) is 9.23. The maximum absolute atomic E-state index is 13.5. The van der Waals surface area contributed by atoms with Crippen LogP contribution in [-0.2, 0) is 42.6 Å². The number of halogens is 3. The number of piperidine rings is 1. The zero-order valence-corrected chi connectivity index (χ0v) is 19.3. The number of likely N-dealkylation sites (tertiary alicyclic amines) is 1. The average molecular weight is 491 g/mol. The number of aliphatic hydroxyl groups is 3. The third kappa shape index (κ3) is 4.82. The number of aliphatic hydroxyl groups excluding tert-OH is 3. The summed E-state index contributed by atoms with van der Waals surface area (Å²) in [4.78, 5) is 2.07. The summed E-state index contributed by atoms with van der Waals surface area (Å²) in [6, 6.07) is 0. The van der Waals surface area contributed by atoms with Gasteiger partial charge in [-0.2, -0.15) is 13.2 Å². The van der Waals surface area contributed by atoms with E-state index >= 15 is 0 Å². The fraction of sp³-hybridized carbons (Fsp3) is 0.714. The van der Waals surface area contributed by atoms with Crippen LogP contribution in [0.25, 0.3) is 0 Å². The summed E-state index contributed by atoms with van der Waals surface area (Å²) in [5.74, 6) is 0. The Hall–Kier alpha value is -1.57. The van der Waals surface area contributed by atoms with Gasteiger partial charge in [0.05, 0.1) is 38.7 Å². The minimum atomic E-state index is -4.49. The maximum atomic E-state index is 13.5. The van der Waals surface area contributed by atoms with Gasteiger partial charge in [-0.15, -0.1) is 16.4 Å². The molecule has 1 fully saturated rings. The highest BCUT2D eigenvalue weighted by molar-refractivity contribution is 7.12. The van der Waals surface area contributed by atoms with Gasteiger partial charge in [-0.25, -0.2) is 0 Å². The molecule has 0 atom stereocenters. The molecule has 2 aromatic rings. The quantitative estimate of drug-likeness (QED) is 0.545. The van der Waals surface area contributed by atoms with Crippen LogP contribution >= 0.6 is 11.3 Å². The molecule has 4 heterocycles. The van der Waals surface area contributed by atoms with Crippen molar-refractivity contribution in [2.45, 2.75) is 57.7 Å². The molecule has 2 aliphatic rings. The van der Waals surface area contributed by atoms with Gasteiger partial charge in [0, 0.05) is 41.7 Å². The number of fused-ring (bicyclic) bond motifs is 2. The smallest absolute Gasteiger partial charge is 0.396 e. The van der Waals surface area contributed by atoms with Crippen molar-refractivity contribution in [2.75, 3.05) is 32.9 Å². The summed E-state index contributed by atoms with van der Waals surface area (Å²) < 4.78 is 48.3. The first kappa shape index (κ1) is 24.6. The fourth-order valence-corrected chi connectivity index (χ4v) is 6.07. The molecular formula is C21H29F3N4O4S. The molecule has 0 unspecified atom stereocenters. The second-order valence-corrected chi connectivity index (χ2v) is 10.3. The number of alkyl halides is 3. The normalized spacial score (nSPS) is 19.2. The summed E-state index contributed by atoms with van der Waals surface area (Å²) in [6.45, 7) is 3.26. The molecule has 0 amide bonds. The first-order chi connectivity index (χ1) is 15.6. The van der Waals surface area contributed by atoms with Crippen LogP contribution in [0.4, 0.5) is 13.2 Å². The lowest BCUT2D eigenvalue weighted by molar-refractivity contribution is -0.135. The third-order valence-corrected chi connectivity index (χ3v) is 8.12. The van der Waals surface area contributed by atoms with Gasteiger partial charge in [0.15, 0.2) is 0 Å². The number of nitrogens with zero attached hydrogens (tertiary/aromatic N) is 4. The lowest BCUT2D eigenvalue weighted by Crippen LogP contribution is -2.45. The van der Waals surface area contributed by atoms with Gasteiger partial charge in [0.1, 0.15) is 10.5 Å². The van der Waals surface area contributed by atoms with Crippen molar-refractivity contribution in [3.05, 3.63) is 32.8 Å². The maximum Gasteiger partial charge on any atom is 0.425 e. The molecule has 184 valence electrons. The monoisotopic (exact) mass is 490 g/mol. The molecule has 0 bridgehead atoms. The van der Waals surface area contributed by atoms with Crippen molar-refractivity contribution in [3.63, 3.8) is 0 Å². The predicted octanol–water partition coefficient (Wildman–Crippen LogP) is 1.91. The Morgan fingerprint density at radius 3 is 2.48 bits per heavy atom. The Morgan fingerprint density at radius 2 is 1.88 bits per heavy atom. The summed E-state index contributed by atoms with van der Waals surface area (Å²) >= 11 is 0.722. The minimum absolute atomic E-state index is 0.00183. The van der Waals surface area contributed by atoms with E-state index < -0.39 is 28.7 Å². The van der Waals surface area contributed by atoms with Crippen molar-refractivity contribution in [1.29, 1.82) is 0 Å².